The molecule has 2 N–H and O–H groups in total. The summed E-state index contributed by atoms with van der Waals surface area (Å²) in [5.74, 6) is 0. The predicted molar refractivity (Wildman–Crippen MR) is 109 cm³/mol. The summed E-state index contributed by atoms with van der Waals surface area (Å²) < 4.78 is 0. The predicted octanol–water partition coefficient (Wildman–Crippen LogP) is 6.02. The molecule has 0 atom stereocenters. The first-order chi connectivity index (χ1) is 12.3. The second-order valence-corrected chi connectivity index (χ2v) is 5.91. The molecule has 0 spiro atoms. The summed E-state index contributed by atoms with van der Waals surface area (Å²) in [6, 6.07) is 27.1. The molecule has 0 aliphatic carbocycles. The highest BCUT2D eigenvalue weighted by atomic mass is 15.1. The van der Waals surface area contributed by atoms with Crippen LogP contribution in [0.3, 0.4) is 0 Å². The minimum atomic E-state index is 1.03. The van der Waals surface area contributed by atoms with Gasteiger partial charge in [0.2, 0.25) is 0 Å². The molecule has 3 aromatic rings. The average Bonchev–Trinajstić information content (AvgIpc) is 2.66. The van der Waals surface area contributed by atoms with E-state index in [0.29, 0.717) is 0 Å². The highest BCUT2D eigenvalue weighted by Gasteiger charge is 2.02. The zero-order valence-electron chi connectivity index (χ0n) is 14.9. The monoisotopic (exact) mass is 331 g/mol. The average molecular weight is 331 g/mol. The van der Waals surface area contributed by atoms with Crippen LogP contribution in [-0.4, -0.2) is 13.1 Å². The van der Waals surface area contributed by atoms with E-state index >= 15 is 0 Å². The van der Waals surface area contributed by atoms with E-state index in [2.05, 4.69) is 90.0 Å². The molecule has 0 aromatic heterocycles. The van der Waals surface area contributed by atoms with Crippen LogP contribution in [0.15, 0.2) is 78.9 Å². The Bertz CT molecular complexity index is 761. The van der Waals surface area contributed by atoms with Crippen LogP contribution < -0.4 is 15.5 Å². The van der Waals surface area contributed by atoms with Crippen molar-refractivity contribution in [2.75, 3.05) is 28.6 Å². The van der Waals surface area contributed by atoms with Crippen molar-refractivity contribution in [2.24, 2.45) is 0 Å². The minimum absolute atomic E-state index is 1.03. The molecule has 25 heavy (non-hydrogen) atoms. The third kappa shape index (κ3) is 4.54. The number of hydrogen-bond acceptors (Lipinski definition) is 3. The molecule has 0 aliphatic rings. The molecule has 0 fully saturated rings. The normalized spacial score (nSPS) is 10.3. The van der Waals surface area contributed by atoms with Crippen LogP contribution in [0.1, 0.15) is 13.8 Å². The fraction of sp³-hybridized carbons (Fsp3) is 0.182. The summed E-state index contributed by atoms with van der Waals surface area (Å²) in [6.45, 7) is 6.42. The zero-order chi connectivity index (χ0) is 17.5. The summed E-state index contributed by atoms with van der Waals surface area (Å²) in [6.07, 6.45) is 0. The van der Waals surface area contributed by atoms with Crippen LogP contribution in [0.5, 0.6) is 0 Å². The molecule has 0 heterocycles. The van der Waals surface area contributed by atoms with Crippen molar-refractivity contribution in [2.45, 2.75) is 13.8 Å². The van der Waals surface area contributed by atoms with E-state index in [-0.39, 0.29) is 0 Å². The van der Waals surface area contributed by atoms with Gasteiger partial charge in [-0.1, -0.05) is 18.2 Å². The molecular formula is C22H25N3. The molecule has 3 nitrogen and oxygen atoms in total. The second kappa shape index (κ2) is 8.25. The Morgan fingerprint density at radius 3 is 1.40 bits per heavy atom. The van der Waals surface area contributed by atoms with E-state index in [1.807, 2.05) is 18.2 Å². The Kier molecular flexibility index (Phi) is 5.57. The maximum atomic E-state index is 3.45. The number of benzene rings is 3. The summed E-state index contributed by atoms with van der Waals surface area (Å²) >= 11 is 0. The summed E-state index contributed by atoms with van der Waals surface area (Å²) in [5.41, 5.74) is 5.61. The van der Waals surface area contributed by atoms with Crippen LogP contribution in [0.25, 0.3) is 0 Å². The van der Waals surface area contributed by atoms with Crippen LogP contribution in [0.2, 0.25) is 0 Å². The molecule has 0 saturated carbocycles. The van der Waals surface area contributed by atoms with Crippen molar-refractivity contribution in [1.29, 1.82) is 0 Å². The van der Waals surface area contributed by atoms with E-state index < -0.39 is 0 Å². The van der Waals surface area contributed by atoms with E-state index in [9.17, 15) is 0 Å². The molecule has 0 bridgehead atoms. The zero-order valence-corrected chi connectivity index (χ0v) is 14.9. The van der Waals surface area contributed by atoms with Gasteiger partial charge in [0.25, 0.3) is 0 Å². The van der Waals surface area contributed by atoms with Gasteiger partial charge in [0.15, 0.2) is 0 Å². The first-order valence-electron chi connectivity index (χ1n) is 8.82. The highest BCUT2D eigenvalue weighted by molar-refractivity contribution is 5.67. The third-order valence-corrected chi connectivity index (χ3v) is 4.23. The Hall–Kier alpha value is -2.94. The maximum absolute atomic E-state index is 3.45. The lowest BCUT2D eigenvalue weighted by atomic mass is 10.2. The lowest BCUT2D eigenvalue weighted by Crippen LogP contribution is -2.21. The molecule has 0 amide bonds. The van der Waals surface area contributed by atoms with Crippen molar-refractivity contribution >= 4 is 28.4 Å². The van der Waals surface area contributed by atoms with Gasteiger partial charge in [0.1, 0.15) is 0 Å². The summed E-state index contributed by atoms with van der Waals surface area (Å²) in [4.78, 5) is 2.34. The van der Waals surface area contributed by atoms with Gasteiger partial charge in [-0.25, -0.2) is 0 Å². The molecular weight excluding hydrogens is 306 g/mol. The van der Waals surface area contributed by atoms with Crippen molar-refractivity contribution in [3.63, 3.8) is 0 Å². The van der Waals surface area contributed by atoms with Gasteiger partial charge < -0.3 is 15.5 Å². The SMILES string of the molecule is CCN(CC)c1ccc(Nc2ccc(Nc3ccccc3)cc2)cc1. The summed E-state index contributed by atoms with van der Waals surface area (Å²) in [5, 5.41) is 6.85. The molecule has 3 aromatic carbocycles. The van der Waals surface area contributed by atoms with E-state index in [1.54, 1.807) is 0 Å². The van der Waals surface area contributed by atoms with Crippen LogP contribution in [0.4, 0.5) is 28.4 Å². The number of nitrogens with zero attached hydrogens (tertiary/aromatic N) is 1. The molecule has 0 saturated heterocycles. The maximum Gasteiger partial charge on any atom is 0.0385 e. The van der Waals surface area contributed by atoms with Gasteiger partial charge >= 0.3 is 0 Å². The van der Waals surface area contributed by atoms with Gasteiger partial charge in [-0.15, -0.1) is 0 Å². The van der Waals surface area contributed by atoms with E-state index in [0.717, 1.165) is 35.8 Å². The number of para-hydroxylation sites is 1. The highest BCUT2D eigenvalue weighted by Crippen LogP contribution is 2.23. The van der Waals surface area contributed by atoms with Gasteiger partial charge in [-0.2, -0.15) is 0 Å². The number of anilines is 5. The number of nitrogens with one attached hydrogen (secondary N) is 2. The van der Waals surface area contributed by atoms with Gasteiger partial charge in [-0.05, 0) is 74.5 Å². The van der Waals surface area contributed by atoms with Gasteiger partial charge in [-0.3, -0.25) is 0 Å². The lowest BCUT2D eigenvalue weighted by molar-refractivity contribution is 0.866. The second-order valence-electron chi connectivity index (χ2n) is 5.91. The van der Waals surface area contributed by atoms with Crippen LogP contribution in [0, 0.1) is 0 Å². The number of rotatable bonds is 7. The first-order valence-corrected chi connectivity index (χ1v) is 8.82. The lowest BCUT2D eigenvalue weighted by Gasteiger charge is -2.21. The Morgan fingerprint density at radius 2 is 0.960 bits per heavy atom. The quantitative estimate of drug-likeness (QED) is 0.554. The topological polar surface area (TPSA) is 27.3 Å². The smallest absolute Gasteiger partial charge is 0.0385 e. The molecule has 0 aliphatic heterocycles. The fourth-order valence-corrected chi connectivity index (χ4v) is 2.84. The van der Waals surface area contributed by atoms with Crippen molar-refractivity contribution in [3.8, 4) is 0 Å². The van der Waals surface area contributed by atoms with Gasteiger partial charge in [0, 0.05) is 41.5 Å². The molecule has 3 heteroatoms. The molecule has 0 unspecified atom stereocenters. The largest absolute Gasteiger partial charge is 0.372 e. The van der Waals surface area contributed by atoms with E-state index in [1.165, 1.54) is 5.69 Å². The Balaban J connectivity index is 1.63. The Labute approximate surface area is 150 Å². The van der Waals surface area contributed by atoms with Crippen molar-refractivity contribution < 1.29 is 0 Å². The first kappa shape index (κ1) is 16.9. The molecule has 0 radical (unpaired) electrons. The minimum Gasteiger partial charge on any atom is -0.372 e. The van der Waals surface area contributed by atoms with Crippen molar-refractivity contribution in [1.82, 2.24) is 0 Å². The fourth-order valence-electron chi connectivity index (χ4n) is 2.84. The van der Waals surface area contributed by atoms with Crippen molar-refractivity contribution in [3.05, 3.63) is 78.9 Å². The standard InChI is InChI=1S/C22H25N3/c1-3-25(4-2)22-16-14-21(15-17-22)24-20-12-10-19(11-13-20)23-18-8-6-5-7-9-18/h5-17,23-24H,3-4H2,1-2H3. The third-order valence-electron chi connectivity index (χ3n) is 4.23. The van der Waals surface area contributed by atoms with Crippen LogP contribution in [-0.2, 0) is 0 Å². The number of hydrogen-bond donors (Lipinski definition) is 2. The summed E-state index contributed by atoms with van der Waals surface area (Å²) in [7, 11) is 0. The van der Waals surface area contributed by atoms with E-state index in [4.69, 9.17) is 0 Å². The van der Waals surface area contributed by atoms with Crippen LogP contribution >= 0.6 is 0 Å². The van der Waals surface area contributed by atoms with Gasteiger partial charge in [0.05, 0.1) is 0 Å². The molecule has 3 rings (SSSR count). The Morgan fingerprint density at radius 1 is 0.560 bits per heavy atom. The molecule has 128 valence electrons.